The van der Waals surface area contributed by atoms with Gasteiger partial charge in [0.05, 0.1) is 24.2 Å². The van der Waals surface area contributed by atoms with Gasteiger partial charge in [-0.1, -0.05) is 36.4 Å². The molecule has 0 aliphatic rings. The first-order valence-electron chi connectivity index (χ1n) is 11.4. The van der Waals surface area contributed by atoms with E-state index in [-0.39, 0.29) is 19.9 Å². The molecule has 5 rings (SSSR count). The van der Waals surface area contributed by atoms with Crippen molar-refractivity contribution in [2.24, 2.45) is 0 Å². The van der Waals surface area contributed by atoms with Gasteiger partial charge in [0.1, 0.15) is 11.8 Å². The summed E-state index contributed by atoms with van der Waals surface area (Å²) >= 11 is 1.51. The van der Waals surface area contributed by atoms with Crippen molar-refractivity contribution in [2.45, 2.75) is 24.0 Å². The second-order valence-electron chi connectivity index (χ2n) is 8.39. The van der Waals surface area contributed by atoms with Crippen LogP contribution in [-0.4, -0.2) is 24.2 Å². The molecule has 1 atom stereocenters. The molecule has 0 fully saturated rings. The molecule has 0 aliphatic heterocycles. The van der Waals surface area contributed by atoms with Crippen LogP contribution >= 0.6 is 11.3 Å². The number of carbonyl (C=O) groups is 1. The molecule has 1 amide bonds. The van der Waals surface area contributed by atoms with Crippen molar-refractivity contribution < 1.29 is 20.5 Å². The summed E-state index contributed by atoms with van der Waals surface area (Å²) in [6.45, 7) is 0.476. The number of hydrogen-bond donors (Lipinski definition) is 2. The lowest BCUT2D eigenvalue weighted by Crippen LogP contribution is -2.42. The predicted molar refractivity (Wildman–Crippen MR) is 146 cm³/mol. The molecule has 1 unspecified atom stereocenters. The molecule has 2 N–H and O–H groups in total. The summed E-state index contributed by atoms with van der Waals surface area (Å²) in [4.78, 5) is 30.8. The SMILES string of the molecule is O=C(C(NS(=O)(=O)c1ccc2[nH]c(=O)ccc2c1)c1ccccc1)N(Cc1ccco1)Cc1cccs1.[HH].[HH]. The Balaban J connectivity index is 0.00000210. The van der Waals surface area contributed by atoms with Crippen molar-refractivity contribution in [2.75, 3.05) is 0 Å². The van der Waals surface area contributed by atoms with Crippen LogP contribution in [0.25, 0.3) is 10.9 Å². The van der Waals surface area contributed by atoms with Gasteiger partial charge in [0.25, 0.3) is 0 Å². The van der Waals surface area contributed by atoms with Crippen LogP contribution in [0.15, 0.2) is 111 Å². The van der Waals surface area contributed by atoms with Crippen LogP contribution in [0.2, 0.25) is 0 Å². The first kappa shape index (κ1) is 24.7. The molecule has 192 valence electrons. The van der Waals surface area contributed by atoms with Crippen LogP contribution in [0.1, 0.15) is 25.1 Å². The number of nitrogens with one attached hydrogen (secondary N) is 2. The number of pyridine rings is 1. The number of carbonyl (C=O) groups excluding carboxylic acids is 1. The molecular formula is C27H27N3O5S2. The number of thiophene rings is 1. The number of hydrogen-bond acceptors (Lipinski definition) is 6. The van der Waals surface area contributed by atoms with Gasteiger partial charge < -0.3 is 14.3 Å². The number of amides is 1. The molecule has 8 nitrogen and oxygen atoms in total. The van der Waals surface area contributed by atoms with Gasteiger partial charge in [-0.2, -0.15) is 4.72 Å². The topological polar surface area (TPSA) is 112 Å². The zero-order valence-corrected chi connectivity index (χ0v) is 21.2. The normalized spacial score (nSPS) is 12.4. The molecular weight excluding hydrogens is 510 g/mol. The highest BCUT2D eigenvalue weighted by Crippen LogP contribution is 2.24. The molecule has 0 spiro atoms. The van der Waals surface area contributed by atoms with Crippen molar-refractivity contribution in [1.82, 2.24) is 14.6 Å². The Morgan fingerprint density at radius 2 is 1.84 bits per heavy atom. The van der Waals surface area contributed by atoms with E-state index in [1.165, 1.54) is 41.9 Å². The summed E-state index contributed by atoms with van der Waals surface area (Å²) in [5, 5.41) is 2.48. The molecule has 5 aromatic rings. The maximum atomic E-state index is 14.0. The number of aromatic amines is 1. The first-order chi connectivity index (χ1) is 17.9. The van der Waals surface area contributed by atoms with E-state index in [1.54, 1.807) is 53.4 Å². The van der Waals surface area contributed by atoms with Gasteiger partial charge in [0.15, 0.2) is 0 Å². The van der Waals surface area contributed by atoms with Crippen molar-refractivity contribution in [3.63, 3.8) is 0 Å². The molecule has 3 heterocycles. The lowest BCUT2D eigenvalue weighted by Gasteiger charge is -2.27. The second-order valence-corrected chi connectivity index (χ2v) is 11.1. The summed E-state index contributed by atoms with van der Waals surface area (Å²) in [6, 6.07) is 22.2. The van der Waals surface area contributed by atoms with Crippen LogP contribution in [0.3, 0.4) is 0 Å². The Morgan fingerprint density at radius 1 is 1.00 bits per heavy atom. The fraction of sp³-hybridized carbons (Fsp3) is 0.111. The van der Waals surface area contributed by atoms with Gasteiger partial charge in [-0.05, 0) is 58.8 Å². The number of nitrogens with zero attached hydrogens (tertiary/aromatic N) is 1. The second kappa shape index (κ2) is 10.6. The minimum Gasteiger partial charge on any atom is -0.467 e. The highest BCUT2D eigenvalue weighted by Gasteiger charge is 2.31. The third kappa shape index (κ3) is 5.72. The lowest BCUT2D eigenvalue weighted by atomic mass is 10.1. The van der Waals surface area contributed by atoms with Crippen molar-refractivity contribution >= 4 is 38.2 Å². The van der Waals surface area contributed by atoms with E-state index in [1.807, 2.05) is 17.5 Å². The van der Waals surface area contributed by atoms with Crippen LogP contribution < -0.4 is 10.3 Å². The number of sulfonamides is 1. The molecule has 10 heteroatoms. The van der Waals surface area contributed by atoms with E-state index in [0.717, 1.165) is 4.88 Å². The Hall–Kier alpha value is -3.99. The predicted octanol–water partition coefficient (Wildman–Crippen LogP) is 4.92. The average molecular weight is 538 g/mol. The van der Waals surface area contributed by atoms with E-state index in [0.29, 0.717) is 28.8 Å². The zero-order valence-electron chi connectivity index (χ0n) is 19.5. The van der Waals surface area contributed by atoms with E-state index in [4.69, 9.17) is 4.42 Å². The molecule has 3 aromatic heterocycles. The van der Waals surface area contributed by atoms with Crippen molar-refractivity contribution in [1.29, 1.82) is 0 Å². The maximum Gasteiger partial charge on any atom is 0.248 e. The van der Waals surface area contributed by atoms with Gasteiger partial charge in [-0.15, -0.1) is 11.3 Å². The van der Waals surface area contributed by atoms with E-state index in [9.17, 15) is 18.0 Å². The number of rotatable bonds is 9. The Labute approximate surface area is 220 Å². The van der Waals surface area contributed by atoms with Crippen molar-refractivity contribution in [3.8, 4) is 0 Å². The summed E-state index contributed by atoms with van der Waals surface area (Å²) < 4.78 is 35.1. The fourth-order valence-electron chi connectivity index (χ4n) is 4.00. The third-order valence-electron chi connectivity index (χ3n) is 5.82. The quantitative estimate of drug-likeness (QED) is 0.277. The fourth-order valence-corrected chi connectivity index (χ4v) is 5.94. The van der Waals surface area contributed by atoms with Crippen molar-refractivity contribution in [3.05, 3.63) is 123 Å². The minimum atomic E-state index is -4.12. The number of fused-ring (bicyclic) bond motifs is 1. The summed E-state index contributed by atoms with van der Waals surface area (Å²) in [7, 11) is -4.12. The van der Waals surface area contributed by atoms with Gasteiger partial charge in [0.2, 0.25) is 21.5 Å². The number of benzene rings is 2. The van der Waals surface area contributed by atoms with Crippen LogP contribution in [0.4, 0.5) is 0 Å². The molecule has 0 saturated carbocycles. The number of H-pyrrole nitrogens is 1. The minimum absolute atomic E-state index is 0. The van der Waals surface area contributed by atoms with E-state index < -0.39 is 22.0 Å². The molecule has 2 aromatic carbocycles. The van der Waals surface area contributed by atoms with Crippen LogP contribution in [-0.2, 0) is 27.9 Å². The molecule has 37 heavy (non-hydrogen) atoms. The lowest BCUT2D eigenvalue weighted by molar-refractivity contribution is -0.134. The standard InChI is InChI=1S/C27H23N3O5S2.2H2/c31-25-13-10-20-16-23(11-12-24(20)28-25)37(33,34)29-26(19-6-2-1-3-7-19)27(32)30(17-21-8-4-14-35-21)18-22-9-5-15-36-22;;/h1-16,26,29H,17-18H2,(H,28,31);2*1H. The van der Waals surface area contributed by atoms with Gasteiger partial charge in [-0.25, -0.2) is 8.42 Å². The summed E-state index contributed by atoms with van der Waals surface area (Å²) in [5.74, 6) is 0.174. The highest BCUT2D eigenvalue weighted by molar-refractivity contribution is 7.89. The Kier molecular flexibility index (Phi) is 7.04. The Morgan fingerprint density at radius 3 is 2.57 bits per heavy atom. The van der Waals surface area contributed by atoms with E-state index >= 15 is 0 Å². The van der Waals surface area contributed by atoms with Gasteiger partial charge in [-0.3, -0.25) is 9.59 Å². The average Bonchev–Trinajstić information content (AvgIpc) is 3.61. The third-order valence-corrected chi connectivity index (χ3v) is 8.11. The Bertz CT molecular complexity index is 1640. The largest absolute Gasteiger partial charge is 0.467 e. The summed E-state index contributed by atoms with van der Waals surface area (Å²) in [6.07, 6.45) is 1.54. The smallest absolute Gasteiger partial charge is 0.248 e. The molecule has 0 aliphatic carbocycles. The highest BCUT2D eigenvalue weighted by atomic mass is 32.2. The molecule has 0 bridgehead atoms. The number of furan rings is 1. The van der Waals surface area contributed by atoms with Gasteiger partial charge in [0, 0.05) is 19.3 Å². The zero-order chi connectivity index (χ0) is 25.8. The molecule has 0 saturated heterocycles. The van der Waals surface area contributed by atoms with E-state index in [2.05, 4.69) is 9.71 Å². The molecule has 0 radical (unpaired) electrons. The van der Waals surface area contributed by atoms with Crippen LogP contribution in [0.5, 0.6) is 0 Å². The monoisotopic (exact) mass is 537 g/mol. The van der Waals surface area contributed by atoms with Crippen LogP contribution in [0, 0.1) is 0 Å². The summed E-state index contributed by atoms with van der Waals surface area (Å²) in [5.41, 5.74) is 0.748. The maximum absolute atomic E-state index is 14.0. The van der Waals surface area contributed by atoms with Gasteiger partial charge >= 0.3 is 0 Å². The number of aromatic nitrogens is 1. The first-order valence-corrected chi connectivity index (χ1v) is 13.8.